The maximum atomic E-state index is 10.4. The fourth-order valence-electron chi connectivity index (χ4n) is 1.74. The molecule has 0 atom stereocenters. The molecular formula is C13H27N3O2S. The van der Waals surface area contributed by atoms with Gasteiger partial charge in [0.1, 0.15) is 5.78 Å². The predicted molar refractivity (Wildman–Crippen MR) is 81.0 cm³/mol. The molecule has 3 saturated heterocycles. The summed E-state index contributed by atoms with van der Waals surface area (Å²) in [6, 6.07) is 0. The number of ketones is 1. The number of Topliss-reactive ketones (excluding diaryl/α,β-unsaturated/α-hetero) is 1. The van der Waals surface area contributed by atoms with Gasteiger partial charge in [0, 0.05) is 63.6 Å². The summed E-state index contributed by atoms with van der Waals surface area (Å²) in [4.78, 5) is 10.4. The van der Waals surface area contributed by atoms with E-state index in [1.807, 2.05) is 11.8 Å². The Morgan fingerprint density at radius 3 is 1.53 bits per heavy atom. The molecule has 0 aliphatic carbocycles. The molecule has 0 amide bonds. The monoisotopic (exact) mass is 289 g/mol. The average molecular weight is 289 g/mol. The van der Waals surface area contributed by atoms with Crippen LogP contribution >= 0.6 is 11.8 Å². The Bertz CT molecular complexity index is 179. The van der Waals surface area contributed by atoms with Crippen LogP contribution in [0.3, 0.4) is 0 Å². The zero-order chi connectivity index (χ0) is 13.6. The van der Waals surface area contributed by atoms with Crippen LogP contribution < -0.4 is 16.0 Å². The van der Waals surface area contributed by atoms with Crippen LogP contribution in [0.4, 0.5) is 0 Å². The molecular weight excluding hydrogens is 262 g/mol. The molecule has 0 aromatic carbocycles. The highest BCUT2D eigenvalue weighted by Gasteiger charge is 2.04. The SMILES string of the molecule is C1COCCN1.C1CSCCN1.O=C1CCNCC1. The molecule has 3 N–H and O–H groups in total. The Balaban J connectivity index is 0.000000143. The van der Waals surface area contributed by atoms with E-state index in [1.165, 1.54) is 24.6 Å². The number of ether oxygens (including phenoxy) is 1. The molecule has 3 aliphatic heterocycles. The van der Waals surface area contributed by atoms with E-state index in [1.54, 1.807) is 0 Å². The summed E-state index contributed by atoms with van der Waals surface area (Å²) in [6.07, 6.45) is 1.47. The van der Waals surface area contributed by atoms with E-state index in [4.69, 9.17) is 4.74 Å². The fourth-order valence-corrected chi connectivity index (χ4v) is 2.52. The summed E-state index contributed by atoms with van der Waals surface area (Å²) in [7, 11) is 0. The standard InChI is InChI=1S/C5H9NO.C4H9NO.C4H9NS/c7-5-1-3-6-4-2-5;2*1-3-6-4-2-5-1/h6H,1-4H2;2*5H,1-4H2. The highest BCUT2D eigenvalue weighted by molar-refractivity contribution is 7.99. The van der Waals surface area contributed by atoms with Crippen molar-refractivity contribution in [3.05, 3.63) is 0 Å². The van der Waals surface area contributed by atoms with Gasteiger partial charge >= 0.3 is 0 Å². The maximum Gasteiger partial charge on any atom is 0.135 e. The quantitative estimate of drug-likeness (QED) is 0.577. The molecule has 0 aromatic heterocycles. The van der Waals surface area contributed by atoms with Crippen LogP contribution in [0.5, 0.6) is 0 Å². The number of piperidine rings is 1. The molecule has 0 saturated carbocycles. The molecule has 3 fully saturated rings. The molecule has 6 heteroatoms. The lowest BCUT2D eigenvalue weighted by Gasteiger charge is -2.10. The van der Waals surface area contributed by atoms with Crippen LogP contribution in [-0.2, 0) is 9.53 Å². The van der Waals surface area contributed by atoms with Crippen LogP contribution in [0.25, 0.3) is 0 Å². The molecule has 3 rings (SSSR count). The first-order valence-corrected chi connectivity index (χ1v) is 8.34. The van der Waals surface area contributed by atoms with Crippen molar-refractivity contribution in [3.8, 4) is 0 Å². The third-order valence-electron chi connectivity index (χ3n) is 2.85. The Kier molecular flexibility index (Phi) is 11.5. The van der Waals surface area contributed by atoms with E-state index in [9.17, 15) is 4.79 Å². The summed E-state index contributed by atoms with van der Waals surface area (Å²) >= 11 is 2.03. The lowest BCUT2D eigenvalue weighted by atomic mass is 10.1. The third-order valence-corrected chi connectivity index (χ3v) is 3.84. The van der Waals surface area contributed by atoms with Crippen molar-refractivity contribution in [2.45, 2.75) is 12.8 Å². The van der Waals surface area contributed by atoms with E-state index in [0.29, 0.717) is 5.78 Å². The van der Waals surface area contributed by atoms with Crippen molar-refractivity contribution < 1.29 is 9.53 Å². The minimum Gasteiger partial charge on any atom is -0.379 e. The molecule has 0 radical (unpaired) electrons. The van der Waals surface area contributed by atoms with Gasteiger partial charge in [-0.3, -0.25) is 4.79 Å². The second-order valence-corrected chi connectivity index (χ2v) is 5.74. The fraction of sp³-hybridized carbons (Fsp3) is 0.923. The van der Waals surface area contributed by atoms with Crippen molar-refractivity contribution in [1.29, 1.82) is 0 Å². The van der Waals surface area contributed by atoms with Crippen LogP contribution in [0, 0.1) is 0 Å². The molecule has 5 nitrogen and oxygen atoms in total. The number of hydrogen-bond acceptors (Lipinski definition) is 6. The van der Waals surface area contributed by atoms with Gasteiger partial charge in [0.25, 0.3) is 0 Å². The Labute approximate surface area is 120 Å². The first-order chi connectivity index (χ1) is 9.39. The minimum atomic E-state index is 0.402. The zero-order valence-corrected chi connectivity index (χ0v) is 12.5. The van der Waals surface area contributed by atoms with Gasteiger partial charge in [0.05, 0.1) is 13.2 Å². The van der Waals surface area contributed by atoms with Gasteiger partial charge in [0.15, 0.2) is 0 Å². The molecule has 0 bridgehead atoms. The van der Waals surface area contributed by atoms with Crippen LogP contribution in [-0.4, -0.2) is 69.8 Å². The van der Waals surface area contributed by atoms with Crippen molar-refractivity contribution in [1.82, 2.24) is 16.0 Å². The minimum absolute atomic E-state index is 0.402. The number of hydrogen-bond donors (Lipinski definition) is 3. The normalized spacial score (nSPS) is 23.5. The van der Waals surface area contributed by atoms with Gasteiger partial charge < -0.3 is 20.7 Å². The number of rotatable bonds is 0. The first-order valence-electron chi connectivity index (χ1n) is 7.19. The summed E-state index contributed by atoms with van der Waals surface area (Å²) in [5.41, 5.74) is 0. The van der Waals surface area contributed by atoms with Crippen molar-refractivity contribution >= 4 is 17.5 Å². The van der Waals surface area contributed by atoms with E-state index >= 15 is 0 Å². The van der Waals surface area contributed by atoms with Crippen molar-refractivity contribution in [2.24, 2.45) is 0 Å². The number of nitrogens with one attached hydrogen (secondary N) is 3. The highest BCUT2D eigenvalue weighted by atomic mass is 32.2. The second-order valence-electron chi connectivity index (χ2n) is 4.51. The lowest BCUT2D eigenvalue weighted by molar-refractivity contribution is -0.119. The van der Waals surface area contributed by atoms with E-state index in [2.05, 4.69) is 16.0 Å². The van der Waals surface area contributed by atoms with E-state index < -0.39 is 0 Å². The Morgan fingerprint density at radius 2 is 1.32 bits per heavy atom. The topological polar surface area (TPSA) is 62.4 Å². The van der Waals surface area contributed by atoms with Gasteiger partial charge in [-0.25, -0.2) is 0 Å². The third kappa shape index (κ3) is 11.4. The van der Waals surface area contributed by atoms with E-state index in [0.717, 1.165) is 52.2 Å². The molecule has 3 heterocycles. The van der Waals surface area contributed by atoms with Gasteiger partial charge in [-0.2, -0.15) is 11.8 Å². The lowest BCUT2D eigenvalue weighted by Crippen LogP contribution is -2.30. The highest BCUT2D eigenvalue weighted by Crippen LogP contribution is 1.99. The van der Waals surface area contributed by atoms with Gasteiger partial charge in [0.2, 0.25) is 0 Å². The molecule has 0 aromatic rings. The van der Waals surface area contributed by atoms with Crippen molar-refractivity contribution in [3.63, 3.8) is 0 Å². The van der Waals surface area contributed by atoms with E-state index in [-0.39, 0.29) is 0 Å². The summed E-state index contributed by atoms with van der Waals surface area (Å²) in [6.45, 7) is 8.03. The van der Waals surface area contributed by atoms with Gasteiger partial charge in [-0.1, -0.05) is 0 Å². The van der Waals surface area contributed by atoms with Crippen LogP contribution in [0.15, 0.2) is 0 Å². The Hall–Kier alpha value is -0.140. The average Bonchev–Trinajstić information content (AvgIpc) is 2.53. The molecule has 0 unspecified atom stereocenters. The molecule has 19 heavy (non-hydrogen) atoms. The second kappa shape index (κ2) is 12.9. The predicted octanol–water partition coefficient (Wildman–Crippen LogP) is -0.132. The maximum absolute atomic E-state index is 10.4. The van der Waals surface area contributed by atoms with Crippen LogP contribution in [0.1, 0.15) is 12.8 Å². The largest absolute Gasteiger partial charge is 0.379 e. The Morgan fingerprint density at radius 1 is 0.789 bits per heavy atom. The zero-order valence-electron chi connectivity index (χ0n) is 11.7. The summed E-state index contributed by atoms with van der Waals surface area (Å²) in [5, 5.41) is 9.52. The first kappa shape index (κ1) is 16.9. The molecule has 0 spiro atoms. The summed E-state index contributed by atoms with van der Waals surface area (Å²) in [5.74, 6) is 3.01. The number of carbonyl (C=O) groups is 1. The van der Waals surface area contributed by atoms with Gasteiger partial charge in [-0.15, -0.1) is 0 Å². The van der Waals surface area contributed by atoms with Gasteiger partial charge in [-0.05, 0) is 0 Å². The molecule has 112 valence electrons. The smallest absolute Gasteiger partial charge is 0.135 e. The number of carbonyl (C=O) groups excluding carboxylic acids is 1. The van der Waals surface area contributed by atoms with Crippen LogP contribution in [0.2, 0.25) is 0 Å². The summed E-state index contributed by atoms with van der Waals surface area (Å²) < 4.78 is 5.01. The van der Waals surface area contributed by atoms with Crippen molar-refractivity contribution in [2.75, 3.05) is 64.0 Å². The molecule has 3 aliphatic rings. The number of thioether (sulfide) groups is 1. The number of morpholine rings is 1.